The molecule has 6 heteroatoms. The molecule has 0 unspecified atom stereocenters. The number of hydrogen-bond acceptors (Lipinski definition) is 5. The molecule has 1 heterocycles. The fourth-order valence-electron chi connectivity index (χ4n) is 2.35. The molecule has 126 valence electrons. The number of anilines is 3. The van der Waals surface area contributed by atoms with Gasteiger partial charge in [0, 0.05) is 18.4 Å². The Morgan fingerprint density at radius 3 is 2.68 bits per heavy atom. The summed E-state index contributed by atoms with van der Waals surface area (Å²) >= 11 is 0. The third-order valence-corrected chi connectivity index (χ3v) is 3.58. The molecule has 0 saturated heterocycles. The van der Waals surface area contributed by atoms with Crippen LogP contribution >= 0.6 is 0 Å². The summed E-state index contributed by atoms with van der Waals surface area (Å²) in [4.78, 5) is 19.6. The maximum absolute atomic E-state index is 11.0. The summed E-state index contributed by atoms with van der Waals surface area (Å²) in [5.74, 6) is 0.157. The van der Waals surface area contributed by atoms with E-state index in [1.54, 1.807) is 36.5 Å². The molecule has 6 nitrogen and oxygen atoms in total. The molecule has 0 aliphatic rings. The van der Waals surface area contributed by atoms with E-state index < -0.39 is 5.97 Å². The van der Waals surface area contributed by atoms with Crippen molar-refractivity contribution in [2.75, 3.05) is 17.2 Å². The largest absolute Gasteiger partial charge is 0.478 e. The molecule has 0 bridgehead atoms. The van der Waals surface area contributed by atoms with E-state index in [-0.39, 0.29) is 5.56 Å². The van der Waals surface area contributed by atoms with Crippen LogP contribution in [0.1, 0.15) is 15.9 Å². The average Bonchev–Trinajstić information content (AvgIpc) is 2.63. The number of carboxylic acid groups (broad SMARTS) is 1. The van der Waals surface area contributed by atoms with Crippen LogP contribution in [0.3, 0.4) is 0 Å². The molecular weight excluding hydrogens is 316 g/mol. The van der Waals surface area contributed by atoms with Gasteiger partial charge in [-0.05, 0) is 36.2 Å². The molecule has 0 atom stereocenters. The van der Waals surface area contributed by atoms with Gasteiger partial charge in [0.05, 0.1) is 5.56 Å². The highest BCUT2D eigenvalue weighted by molar-refractivity contribution is 5.89. The number of hydrogen-bond donors (Lipinski definition) is 3. The lowest BCUT2D eigenvalue weighted by Crippen LogP contribution is -2.08. The Bertz CT molecular complexity index is 853. The zero-order valence-corrected chi connectivity index (χ0v) is 13.5. The number of nitrogens with zero attached hydrogens (tertiary/aromatic N) is 2. The van der Waals surface area contributed by atoms with Crippen LogP contribution in [0.25, 0.3) is 0 Å². The van der Waals surface area contributed by atoms with E-state index in [4.69, 9.17) is 5.11 Å². The minimum Gasteiger partial charge on any atom is -0.478 e. The first-order valence-electron chi connectivity index (χ1n) is 7.92. The Balaban J connectivity index is 1.61. The van der Waals surface area contributed by atoms with Crippen molar-refractivity contribution in [3.05, 3.63) is 78.0 Å². The van der Waals surface area contributed by atoms with Gasteiger partial charge in [-0.25, -0.2) is 9.78 Å². The Morgan fingerprint density at radius 1 is 1.04 bits per heavy atom. The van der Waals surface area contributed by atoms with E-state index in [2.05, 4.69) is 32.7 Å². The fraction of sp³-hybridized carbons (Fsp3) is 0.105. The van der Waals surface area contributed by atoms with Crippen LogP contribution in [0.2, 0.25) is 0 Å². The van der Waals surface area contributed by atoms with Crippen LogP contribution < -0.4 is 10.6 Å². The quantitative estimate of drug-likeness (QED) is 0.612. The van der Waals surface area contributed by atoms with Gasteiger partial charge < -0.3 is 15.7 Å². The lowest BCUT2D eigenvalue weighted by atomic mass is 10.1. The molecule has 0 aliphatic heterocycles. The van der Waals surface area contributed by atoms with Crippen LogP contribution in [0.4, 0.5) is 17.5 Å². The lowest BCUT2D eigenvalue weighted by Gasteiger charge is -2.09. The van der Waals surface area contributed by atoms with E-state index in [1.807, 2.05) is 18.2 Å². The summed E-state index contributed by atoms with van der Waals surface area (Å²) in [5, 5.41) is 15.3. The number of benzene rings is 2. The second-order valence-corrected chi connectivity index (χ2v) is 5.44. The van der Waals surface area contributed by atoms with Crippen molar-refractivity contribution < 1.29 is 9.90 Å². The number of nitrogens with one attached hydrogen (secondary N) is 2. The molecular formula is C19H18N4O2. The Hall–Kier alpha value is -3.41. The topological polar surface area (TPSA) is 87.1 Å². The summed E-state index contributed by atoms with van der Waals surface area (Å²) in [6.07, 6.45) is 2.53. The molecule has 0 fully saturated rings. The SMILES string of the molecule is O=C(O)c1cccc(Nc2ccnc(NCCc3ccccc3)n2)c1. The maximum atomic E-state index is 11.0. The van der Waals surface area contributed by atoms with Crippen LogP contribution in [0, 0.1) is 0 Å². The third-order valence-electron chi connectivity index (χ3n) is 3.58. The van der Waals surface area contributed by atoms with Crippen molar-refractivity contribution in [1.82, 2.24) is 9.97 Å². The van der Waals surface area contributed by atoms with Crippen LogP contribution in [-0.4, -0.2) is 27.6 Å². The van der Waals surface area contributed by atoms with Crippen LogP contribution in [0.15, 0.2) is 66.9 Å². The van der Waals surface area contributed by atoms with Gasteiger partial charge in [-0.15, -0.1) is 0 Å². The predicted molar refractivity (Wildman–Crippen MR) is 97.4 cm³/mol. The second-order valence-electron chi connectivity index (χ2n) is 5.44. The molecule has 3 aromatic rings. The first kappa shape index (κ1) is 16.4. The summed E-state index contributed by atoms with van der Waals surface area (Å²) < 4.78 is 0. The van der Waals surface area contributed by atoms with Gasteiger partial charge in [0.2, 0.25) is 5.95 Å². The zero-order valence-electron chi connectivity index (χ0n) is 13.5. The highest BCUT2D eigenvalue weighted by Gasteiger charge is 2.04. The standard InChI is InChI=1S/C19H18N4O2/c24-18(25)15-7-4-8-16(13-15)22-17-10-12-21-19(23-17)20-11-9-14-5-2-1-3-6-14/h1-8,10,12-13H,9,11H2,(H,24,25)(H2,20,21,22,23). The van der Waals surface area contributed by atoms with Gasteiger partial charge in [0.25, 0.3) is 0 Å². The van der Waals surface area contributed by atoms with E-state index >= 15 is 0 Å². The lowest BCUT2D eigenvalue weighted by molar-refractivity contribution is 0.0697. The highest BCUT2D eigenvalue weighted by atomic mass is 16.4. The maximum Gasteiger partial charge on any atom is 0.335 e. The zero-order chi connectivity index (χ0) is 17.5. The summed E-state index contributed by atoms with van der Waals surface area (Å²) in [7, 11) is 0. The van der Waals surface area contributed by atoms with Crippen molar-refractivity contribution in [3.63, 3.8) is 0 Å². The fourth-order valence-corrected chi connectivity index (χ4v) is 2.35. The first-order chi connectivity index (χ1) is 12.2. The van der Waals surface area contributed by atoms with E-state index in [1.165, 1.54) is 5.56 Å². The molecule has 0 radical (unpaired) electrons. The Labute approximate surface area is 145 Å². The first-order valence-corrected chi connectivity index (χ1v) is 7.92. The molecule has 0 spiro atoms. The van der Waals surface area contributed by atoms with Crippen molar-refractivity contribution in [1.29, 1.82) is 0 Å². The number of rotatable bonds is 7. The third kappa shape index (κ3) is 4.78. The number of aromatic nitrogens is 2. The molecule has 2 aromatic carbocycles. The minimum absolute atomic E-state index is 0.222. The van der Waals surface area contributed by atoms with Crippen molar-refractivity contribution in [2.24, 2.45) is 0 Å². The van der Waals surface area contributed by atoms with Gasteiger partial charge in [0.1, 0.15) is 5.82 Å². The molecule has 3 rings (SSSR count). The van der Waals surface area contributed by atoms with Crippen LogP contribution in [0.5, 0.6) is 0 Å². The number of carboxylic acids is 1. The number of carbonyl (C=O) groups is 1. The van der Waals surface area contributed by atoms with Crippen molar-refractivity contribution in [2.45, 2.75) is 6.42 Å². The molecule has 1 aromatic heterocycles. The van der Waals surface area contributed by atoms with E-state index in [0.29, 0.717) is 17.5 Å². The molecule has 3 N–H and O–H groups in total. The minimum atomic E-state index is -0.963. The van der Waals surface area contributed by atoms with Gasteiger partial charge in [0.15, 0.2) is 0 Å². The average molecular weight is 334 g/mol. The molecule has 25 heavy (non-hydrogen) atoms. The molecule has 0 amide bonds. The Morgan fingerprint density at radius 2 is 1.88 bits per heavy atom. The smallest absolute Gasteiger partial charge is 0.335 e. The predicted octanol–water partition coefficient (Wildman–Crippen LogP) is 3.57. The second kappa shape index (κ2) is 7.92. The molecule has 0 saturated carbocycles. The number of aromatic carboxylic acids is 1. The highest BCUT2D eigenvalue weighted by Crippen LogP contribution is 2.16. The van der Waals surface area contributed by atoms with Gasteiger partial charge in [-0.2, -0.15) is 4.98 Å². The van der Waals surface area contributed by atoms with Gasteiger partial charge in [-0.3, -0.25) is 0 Å². The molecule has 0 aliphatic carbocycles. The van der Waals surface area contributed by atoms with E-state index in [0.717, 1.165) is 13.0 Å². The Kier molecular flexibility index (Phi) is 5.21. The van der Waals surface area contributed by atoms with Crippen molar-refractivity contribution >= 4 is 23.4 Å². The summed E-state index contributed by atoms with van der Waals surface area (Å²) in [6, 6.07) is 18.5. The van der Waals surface area contributed by atoms with Gasteiger partial charge >= 0.3 is 5.97 Å². The summed E-state index contributed by atoms with van der Waals surface area (Å²) in [5.41, 5.74) is 2.13. The monoisotopic (exact) mass is 334 g/mol. The van der Waals surface area contributed by atoms with Crippen LogP contribution in [-0.2, 0) is 6.42 Å². The van der Waals surface area contributed by atoms with E-state index in [9.17, 15) is 4.79 Å². The van der Waals surface area contributed by atoms with Gasteiger partial charge in [-0.1, -0.05) is 36.4 Å². The van der Waals surface area contributed by atoms with Crippen molar-refractivity contribution in [3.8, 4) is 0 Å². The normalized spacial score (nSPS) is 10.2. The summed E-state index contributed by atoms with van der Waals surface area (Å²) in [6.45, 7) is 0.724.